The van der Waals surface area contributed by atoms with E-state index < -0.39 is 5.97 Å². The summed E-state index contributed by atoms with van der Waals surface area (Å²) in [4.78, 5) is 22.9. The molecule has 0 radical (unpaired) electrons. The van der Waals surface area contributed by atoms with Gasteiger partial charge in [0.2, 0.25) is 5.91 Å². The van der Waals surface area contributed by atoms with Gasteiger partial charge >= 0.3 is 5.97 Å². The minimum atomic E-state index is -0.415. The number of rotatable bonds is 4. The van der Waals surface area contributed by atoms with Crippen LogP contribution in [0.1, 0.15) is 6.92 Å². The van der Waals surface area contributed by atoms with E-state index >= 15 is 0 Å². The van der Waals surface area contributed by atoms with Crippen LogP contribution in [0.3, 0.4) is 0 Å². The normalized spacial score (nSPS) is 9.25. The van der Waals surface area contributed by atoms with Crippen molar-refractivity contribution in [2.45, 2.75) is 6.92 Å². The predicted molar refractivity (Wildman–Crippen MR) is 43.3 cm³/mol. The van der Waals surface area contributed by atoms with Crippen molar-refractivity contribution in [3.05, 3.63) is 0 Å². The minimum Gasteiger partial charge on any atom is -0.465 e. The van der Waals surface area contributed by atoms with E-state index in [1.807, 2.05) is 0 Å². The van der Waals surface area contributed by atoms with Crippen molar-refractivity contribution in [3.63, 3.8) is 0 Å². The van der Waals surface area contributed by atoms with Crippen molar-refractivity contribution in [1.29, 1.82) is 0 Å². The number of nitrogens with zero attached hydrogens (tertiary/aromatic N) is 1. The SMILES string of the molecule is CCOC(=O)CN(C)C(=O)CN. The zero-order chi connectivity index (χ0) is 9.56. The van der Waals surface area contributed by atoms with Gasteiger partial charge in [-0.05, 0) is 6.92 Å². The molecule has 0 aromatic carbocycles. The fraction of sp³-hybridized carbons (Fsp3) is 0.714. The van der Waals surface area contributed by atoms with Crippen LogP contribution in [0.25, 0.3) is 0 Å². The van der Waals surface area contributed by atoms with Gasteiger partial charge < -0.3 is 15.4 Å². The van der Waals surface area contributed by atoms with Gasteiger partial charge in [0.1, 0.15) is 6.54 Å². The summed E-state index contributed by atoms with van der Waals surface area (Å²) in [7, 11) is 1.51. The second-order valence-corrected chi connectivity index (χ2v) is 2.26. The average molecular weight is 174 g/mol. The summed E-state index contributed by atoms with van der Waals surface area (Å²) in [6.45, 7) is 1.91. The van der Waals surface area contributed by atoms with Gasteiger partial charge in [0.05, 0.1) is 13.2 Å². The third-order valence-electron chi connectivity index (χ3n) is 1.27. The van der Waals surface area contributed by atoms with Gasteiger partial charge in [-0.2, -0.15) is 0 Å². The van der Waals surface area contributed by atoms with E-state index in [0.29, 0.717) is 6.61 Å². The first-order valence-electron chi connectivity index (χ1n) is 3.71. The zero-order valence-electron chi connectivity index (χ0n) is 7.37. The maximum absolute atomic E-state index is 10.8. The maximum Gasteiger partial charge on any atom is 0.325 e. The van der Waals surface area contributed by atoms with Crippen LogP contribution in [0.2, 0.25) is 0 Å². The van der Waals surface area contributed by atoms with E-state index in [-0.39, 0.29) is 19.0 Å². The number of esters is 1. The second-order valence-electron chi connectivity index (χ2n) is 2.26. The summed E-state index contributed by atoms with van der Waals surface area (Å²) in [6, 6.07) is 0. The van der Waals surface area contributed by atoms with E-state index in [0.717, 1.165) is 0 Å². The van der Waals surface area contributed by atoms with E-state index in [1.54, 1.807) is 6.92 Å². The van der Waals surface area contributed by atoms with Crippen LogP contribution < -0.4 is 5.73 Å². The molecule has 0 aliphatic rings. The molecule has 5 nitrogen and oxygen atoms in total. The molecule has 0 aromatic rings. The van der Waals surface area contributed by atoms with E-state index in [1.165, 1.54) is 11.9 Å². The summed E-state index contributed by atoms with van der Waals surface area (Å²) in [6.07, 6.45) is 0. The Balaban J connectivity index is 3.75. The molecule has 0 heterocycles. The molecule has 0 rings (SSSR count). The van der Waals surface area contributed by atoms with Gasteiger partial charge in [-0.15, -0.1) is 0 Å². The first-order chi connectivity index (χ1) is 5.61. The lowest BCUT2D eigenvalue weighted by molar-refractivity contribution is -0.147. The Kier molecular flexibility index (Phi) is 5.03. The third kappa shape index (κ3) is 3.92. The molecule has 1 amide bonds. The van der Waals surface area contributed by atoms with Gasteiger partial charge in [0.15, 0.2) is 0 Å². The molecule has 0 fully saturated rings. The molecule has 0 aliphatic heterocycles. The maximum atomic E-state index is 10.8. The number of hydrogen-bond acceptors (Lipinski definition) is 4. The Hall–Kier alpha value is -1.10. The van der Waals surface area contributed by atoms with Gasteiger partial charge in [0, 0.05) is 7.05 Å². The lowest BCUT2D eigenvalue weighted by Gasteiger charge is -2.14. The molecule has 5 heteroatoms. The summed E-state index contributed by atoms with van der Waals surface area (Å²) in [5.41, 5.74) is 5.08. The van der Waals surface area contributed by atoms with Crippen molar-refractivity contribution in [3.8, 4) is 0 Å². The highest BCUT2D eigenvalue weighted by Crippen LogP contribution is 1.85. The summed E-state index contributed by atoms with van der Waals surface area (Å²) in [5, 5.41) is 0. The van der Waals surface area contributed by atoms with Gasteiger partial charge in [-0.1, -0.05) is 0 Å². The largest absolute Gasteiger partial charge is 0.465 e. The van der Waals surface area contributed by atoms with Crippen LogP contribution in [-0.4, -0.2) is 43.5 Å². The smallest absolute Gasteiger partial charge is 0.325 e. The minimum absolute atomic E-state index is 0.0378. The molecule has 12 heavy (non-hydrogen) atoms. The van der Waals surface area contributed by atoms with Crippen molar-refractivity contribution in [1.82, 2.24) is 4.90 Å². The summed E-state index contributed by atoms with van der Waals surface area (Å²) < 4.78 is 4.63. The first kappa shape index (κ1) is 10.9. The molecule has 0 unspecified atom stereocenters. The predicted octanol–water partition coefficient (Wildman–Crippen LogP) is -1.03. The molecule has 0 atom stereocenters. The van der Waals surface area contributed by atoms with Crippen molar-refractivity contribution < 1.29 is 14.3 Å². The molecule has 0 saturated carbocycles. The molecule has 0 spiro atoms. The number of hydrogen-bond donors (Lipinski definition) is 1. The quantitative estimate of drug-likeness (QED) is 0.553. The standard InChI is InChI=1S/C7H14N2O3/c1-3-12-7(11)5-9(2)6(10)4-8/h3-5,8H2,1-2H3. The third-order valence-corrected chi connectivity index (χ3v) is 1.27. The zero-order valence-corrected chi connectivity index (χ0v) is 7.37. The topological polar surface area (TPSA) is 72.6 Å². The van der Waals surface area contributed by atoms with Crippen molar-refractivity contribution in [2.75, 3.05) is 26.7 Å². The number of carbonyl (C=O) groups is 2. The Morgan fingerprint density at radius 2 is 2.08 bits per heavy atom. The highest BCUT2D eigenvalue weighted by Gasteiger charge is 2.10. The van der Waals surface area contributed by atoms with Gasteiger partial charge in [0.25, 0.3) is 0 Å². The van der Waals surface area contributed by atoms with Crippen LogP contribution in [0.15, 0.2) is 0 Å². The fourth-order valence-electron chi connectivity index (χ4n) is 0.644. The molecule has 0 aromatic heterocycles. The Morgan fingerprint density at radius 1 is 1.50 bits per heavy atom. The number of amides is 1. The average Bonchev–Trinajstić information content (AvgIpc) is 2.03. The van der Waals surface area contributed by atoms with Crippen LogP contribution >= 0.6 is 0 Å². The van der Waals surface area contributed by atoms with Crippen molar-refractivity contribution in [2.24, 2.45) is 5.73 Å². The van der Waals surface area contributed by atoms with Crippen LogP contribution in [0.5, 0.6) is 0 Å². The van der Waals surface area contributed by atoms with Gasteiger partial charge in [-0.3, -0.25) is 9.59 Å². The van der Waals surface area contributed by atoms with Crippen LogP contribution in [-0.2, 0) is 14.3 Å². The van der Waals surface area contributed by atoms with Crippen molar-refractivity contribution >= 4 is 11.9 Å². The molecule has 2 N–H and O–H groups in total. The lowest BCUT2D eigenvalue weighted by Crippen LogP contribution is -2.37. The molecular formula is C7H14N2O3. The number of likely N-dealkylation sites (N-methyl/N-ethyl adjacent to an activating group) is 1. The van der Waals surface area contributed by atoms with Crippen LogP contribution in [0.4, 0.5) is 0 Å². The lowest BCUT2D eigenvalue weighted by atomic mass is 10.5. The Morgan fingerprint density at radius 3 is 2.50 bits per heavy atom. The van der Waals surface area contributed by atoms with Gasteiger partial charge in [-0.25, -0.2) is 0 Å². The Labute approximate surface area is 71.5 Å². The van der Waals surface area contributed by atoms with E-state index in [9.17, 15) is 9.59 Å². The monoisotopic (exact) mass is 174 g/mol. The molecule has 70 valence electrons. The summed E-state index contributed by atoms with van der Waals surface area (Å²) in [5.74, 6) is -0.690. The molecular weight excluding hydrogens is 160 g/mol. The summed E-state index contributed by atoms with van der Waals surface area (Å²) >= 11 is 0. The number of ether oxygens (including phenoxy) is 1. The van der Waals surface area contributed by atoms with E-state index in [4.69, 9.17) is 5.73 Å². The van der Waals surface area contributed by atoms with Crippen LogP contribution in [0, 0.1) is 0 Å². The molecule has 0 saturated heterocycles. The fourth-order valence-corrected chi connectivity index (χ4v) is 0.644. The number of carbonyl (C=O) groups excluding carboxylic acids is 2. The molecule has 0 aliphatic carbocycles. The molecule has 0 bridgehead atoms. The Bertz CT molecular complexity index is 170. The van der Waals surface area contributed by atoms with E-state index in [2.05, 4.69) is 4.74 Å². The number of nitrogens with two attached hydrogens (primary N) is 1. The highest BCUT2D eigenvalue weighted by molar-refractivity contribution is 5.82. The first-order valence-corrected chi connectivity index (χ1v) is 3.71. The highest BCUT2D eigenvalue weighted by atomic mass is 16.5. The second kappa shape index (κ2) is 5.54.